The molecule has 1 saturated heterocycles. The molecule has 2 fully saturated rings. The normalized spacial score (nSPS) is 24.2. The van der Waals surface area contributed by atoms with Gasteiger partial charge in [0.25, 0.3) is 0 Å². The minimum Gasteiger partial charge on any atom is -0.469 e. The first-order chi connectivity index (χ1) is 12.7. The molecule has 0 atom stereocenters. The van der Waals surface area contributed by atoms with Crippen LogP contribution < -0.4 is 5.32 Å². The second-order valence-electron chi connectivity index (χ2n) is 8.75. The van der Waals surface area contributed by atoms with Gasteiger partial charge in [-0.25, -0.2) is 4.79 Å². The number of nitrogens with one attached hydrogen (secondary N) is 1. The lowest BCUT2D eigenvalue weighted by molar-refractivity contribution is -0.146. The molecule has 0 aromatic rings. The van der Waals surface area contributed by atoms with Gasteiger partial charge in [-0.1, -0.05) is 0 Å². The summed E-state index contributed by atoms with van der Waals surface area (Å²) in [5, 5.41) is 3.11. The predicted molar refractivity (Wildman–Crippen MR) is 101 cm³/mol. The second-order valence-corrected chi connectivity index (χ2v) is 8.75. The lowest BCUT2D eigenvalue weighted by atomic mass is 9.85. The van der Waals surface area contributed by atoms with Crippen LogP contribution in [-0.4, -0.2) is 54.7 Å². The molecule has 0 radical (unpaired) electrons. The Morgan fingerprint density at radius 3 is 2.11 bits per heavy atom. The Balaban J connectivity index is 1.66. The molecule has 1 aliphatic heterocycles. The summed E-state index contributed by atoms with van der Waals surface area (Å²) in [7, 11) is 1.42. The lowest BCUT2D eigenvalue weighted by Crippen LogP contribution is -2.43. The molecule has 0 aromatic carbocycles. The number of carbonyl (C=O) groups is 3. The molecule has 0 unspecified atom stereocenters. The molecule has 1 N–H and O–H groups in total. The Morgan fingerprint density at radius 1 is 1.00 bits per heavy atom. The van der Waals surface area contributed by atoms with Crippen LogP contribution in [0, 0.1) is 11.8 Å². The maximum atomic E-state index is 12.3. The summed E-state index contributed by atoms with van der Waals surface area (Å²) in [6.07, 6.45) is 5.05. The number of rotatable bonds is 4. The highest BCUT2D eigenvalue weighted by Crippen LogP contribution is 2.26. The first kappa shape index (κ1) is 21.5. The Hall–Kier alpha value is -1.79. The molecule has 1 aliphatic carbocycles. The molecule has 0 spiro atoms. The monoisotopic (exact) mass is 382 g/mol. The highest BCUT2D eigenvalue weighted by Gasteiger charge is 2.30. The van der Waals surface area contributed by atoms with E-state index in [1.54, 1.807) is 4.90 Å². The number of carbonyl (C=O) groups excluding carboxylic acids is 3. The van der Waals surface area contributed by atoms with Crippen LogP contribution in [0.1, 0.15) is 65.7 Å². The minimum absolute atomic E-state index is 0.0275. The maximum Gasteiger partial charge on any atom is 0.410 e. The third-order valence-electron chi connectivity index (χ3n) is 5.37. The van der Waals surface area contributed by atoms with Crippen LogP contribution in [0.3, 0.4) is 0 Å². The van der Waals surface area contributed by atoms with E-state index in [0.717, 1.165) is 38.5 Å². The molecule has 1 heterocycles. The first-order valence-corrected chi connectivity index (χ1v) is 10.0. The van der Waals surface area contributed by atoms with Gasteiger partial charge < -0.3 is 19.7 Å². The van der Waals surface area contributed by atoms with E-state index < -0.39 is 5.60 Å². The maximum absolute atomic E-state index is 12.3. The molecule has 1 saturated carbocycles. The zero-order valence-corrected chi connectivity index (χ0v) is 17.1. The van der Waals surface area contributed by atoms with Crippen molar-refractivity contribution >= 4 is 18.0 Å². The van der Waals surface area contributed by atoms with Crippen molar-refractivity contribution in [3.63, 3.8) is 0 Å². The van der Waals surface area contributed by atoms with Crippen LogP contribution in [-0.2, 0) is 19.1 Å². The molecule has 0 bridgehead atoms. The Bertz CT molecular complexity index is 527. The van der Waals surface area contributed by atoms with E-state index in [1.807, 2.05) is 20.8 Å². The predicted octanol–water partition coefficient (Wildman–Crippen LogP) is 2.87. The molecule has 2 amide bonds. The van der Waals surface area contributed by atoms with Crippen molar-refractivity contribution in [2.75, 3.05) is 20.2 Å². The quantitative estimate of drug-likeness (QED) is 0.756. The zero-order valence-electron chi connectivity index (χ0n) is 17.1. The number of amides is 2. The minimum atomic E-state index is -0.485. The smallest absolute Gasteiger partial charge is 0.410 e. The fourth-order valence-electron chi connectivity index (χ4n) is 3.84. The molecular formula is C20H34N2O5. The third kappa shape index (κ3) is 7.03. The number of hydrogen-bond donors (Lipinski definition) is 1. The van der Waals surface area contributed by atoms with Crippen LogP contribution in [0.25, 0.3) is 0 Å². The van der Waals surface area contributed by atoms with Gasteiger partial charge in [0.1, 0.15) is 5.60 Å². The van der Waals surface area contributed by atoms with Crippen molar-refractivity contribution in [1.29, 1.82) is 0 Å². The molecule has 2 rings (SSSR count). The van der Waals surface area contributed by atoms with E-state index in [4.69, 9.17) is 9.47 Å². The van der Waals surface area contributed by atoms with E-state index in [1.165, 1.54) is 7.11 Å². The largest absolute Gasteiger partial charge is 0.469 e. The van der Waals surface area contributed by atoms with Crippen molar-refractivity contribution in [3.05, 3.63) is 0 Å². The summed E-state index contributed by atoms with van der Waals surface area (Å²) < 4.78 is 10.2. The Morgan fingerprint density at radius 2 is 1.59 bits per heavy atom. The third-order valence-corrected chi connectivity index (χ3v) is 5.37. The number of ether oxygens (including phenoxy) is 2. The van der Waals surface area contributed by atoms with E-state index >= 15 is 0 Å². The van der Waals surface area contributed by atoms with Crippen LogP contribution >= 0.6 is 0 Å². The number of hydrogen-bond acceptors (Lipinski definition) is 5. The summed E-state index contributed by atoms with van der Waals surface area (Å²) in [6.45, 7) is 6.86. The highest BCUT2D eigenvalue weighted by molar-refractivity contribution is 5.77. The van der Waals surface area contributed by atoms with Gasteiger partial charge in [-0.05, 0) is 65.2 Å². The molecule has 0 aromatic heterocycles. The second kappa shape index (κ2) is 9.42. The van der Waals surface area contributed by atoms with E-state index in [9.17, 15) is 14.4 Å². The standard InChI is InChI=1S/C20H34N2O5/c1-20(2,3)27-19(25)22-11-9-14(10-12-22)13-17(23)21-16-7-5-15(6-8-16)18(24)26-4/h14-16H,5-13H2,1-4H3,(H,21,23). The molecular weight excluding hydrogens is 348 g/mol. The van der Waals surface area contributed by atoms with Crippen LogP contribution in [0.4, 0.5) is 4.79 Å². The van der Waals surface area contributed by atoms with E-state index in [-0.39, 0.29) is 29.9 Å². The fraction of sp³-hybridized carbons (Fsp3) is 0.850. The van der Waals surface area contributed by atoms with Crippen molar-refractivity contribution < 1.29 is 23.9 Å². The summed E-state index contributed by atoms with van der Waals surface area (Å²) in [5.74, 6) is 0.208. The van der Waals surface area contributed by atoms with Gasteiger partial charge in [-0.2, -0.15) is 0 Å². The van der Waals surface area contributed by atoms with Gasteiger partial charge in [-0.3, -0.25) is 9.59 Å². The van der Waals surface area contributed by atoms with Crippen LogP contribution in [0.2, 0.25) is 0 Å². The Labute approximate surface area is 162 Å². The van der Waals surface area contributed by atoms with Crippen LogP contribution in [0.5, 0.6) is 0 Å². The Kier molecular flexibility index (Phi) is 7.50. The molecule has 27 heavy (non-hydrogen) atoms. The highest BCUT2D eigenvalue weighted by atomic mass is 16.6. The van der Waals surface area contributed by atoms with Gasteiger partial charge in [0.2, 0.25) is 5.91 Å². The zero-order chi connectivity index (χ0) is 20.0. The van der Waals surface area contributed by atoms with Crippen molar-refractivity contribution in [1.82, 2.24) is 10.2 Å². The van der Waals surface area contributed by atoms with Gasteiger partial charge in [-0.15, -0.1) is 0 Å². The number of nitrogens with zero attached hydrogens (tertiary/aromatic N) is 1. The number of esters is 1. The molecule has 7 nitrogen and oxygen atoms in total. The molecule has 154 valence electrons. The summed E-state index contributed by atoms with van der Waals surface area (Å²) in [5.41, 5.74) is -0.485. The van der Waals surface area contributed by atoms with Crippen molar-refractivity contribution in [3.8, 4) is 0 Å². The van der Waals surface area contributed by atoms with Crippen molar-refractivity contribution in [2.24, 2.45) is 11.8 Å². The van der Waals surface area contributed by atoms with E-state index in [2.05, 4.69) is 5.32 Å². The average Bonchev–Trinajstić information content (AvgIpc) is 2.60. The van der Waals surface area contributed by atoms with Gasteiger partial charge in [0.15, 0.2) is 0 Å². The topological polar surface area (TPSA) is 84.9 Å². The number of likely N-dealkylation sites (tertiary alicyclic amines) is 1. The number of methoxy groups -OCH3 is 1. The molecule has 2 aliphatic rings. The lowest BCUT2D eigenvalue weighted by Gasteiger charge is -2.33. The first-order valence-electron chi connectivity index (χ1n) is 10.0. The summed E-state index contributed by atoms with van der Waals surface area (Å²) >= 11 is 0. The van der Waals surface area contributed by atoms with Gasteiger partial charge >= 0.3 is 12.1 Å². The fourth-order valence-corrected chi connectivity index (χ4v) is 3.84. The van der Waals surface area contributed by atoms with Crippen molar-refractivity contribution in [2.45, 2.75) is 77.4 Å². The number of piperidine rings is 1. The molecule has 7 heteroatoms. The average molecular weight is 383 g/mol. The van der Waals surface area contributed by atoms with Gasteiger partial charge in [0, 0.05) is 25.6 Å². The van der Waals surface area contributed by atoms with Gasteiger partial charge in [0.05, 0.1) is 13.0 Å². The van der Waals surface area contributed by atoms with E-state index in [0.29, 0.717) is 25.4 Å². The van der Waals surface area contributed by atoms with Crippen LogP contribution in [0.15, 0.2) is 0 Å². The summed E-state index contributed by atoms with van der Waals surface area (Å²) in [4.78, 5) is 37.7. The SMILES string of the molecule is COC(=O)C1CCC(NC(=O)CC2CCN(C(=O)OC(C)(C)C)CC2)CC1. The summed E-state index contributed by atoms with van der Waals surface area (Å²) in [6, 6.07) is 0.153.